The summed E-state index contributed by atoms with van der Waals surface area (Å²) >= 11 is 0. The molecule has 28 heavy (non-hydrogen) atoms. The van der Waals surface area contributed by atoms with Gasteiger partial charge in [-0.15, -0.1) is 0 Å². The van der Waals surface area contributed by atoms with E-state index in [-0.39, 0.29) is 11.7 Å². The van der Waals surface area contributed by atoms with Crippen LogP contribution in [-0.2, 0) is 40.4 Å². The number of pyridine rings is 1. The lowest BCUT2D eigenvalue weighted by molar-refractivity contribution is 0.0679. The highest BCUT2D eigenvalue weighted by Gasteiger charge is 2.21. The van der Waals surface area contributed by atoms with Crippen LogP contribution >= 0.6 is 0 Å². The number of hydrogen-bond acceptors (Lipinski definition) is 5. The summed E-state index contributed by atoms with van der Waals surface area (Å²) in [5.41, 5.74) is 5.37. The number of rotatable bonds is 7. The third-order valence-electron chi connectivity index (χ3n) is 5.47. The minimum atomic E-state index is -0.0280. The fraction of sp³-hybridized carbons (Fsp3) is 0.500. The first-order valence-corrected chi connectivity index (χ1v) is 9.82. The first-order chi connectivity index (χ1) is 13.7. The van der Waals surface area contributed by atoms with Crippen LogP contribution in [0.4, 0.5) is 0 Å². The molecule has 0 bridgehead atoms. The molecule has 2 aromatic rings. The van der Waals surface area contributed by atoms with E-state index in [1.54, 1.807) is 20.3 Å². The Balaban J connectivity index is 1.69. The second kappa shape index (κ2) is 8.47. The second-order valence-corrected chi connectivity index (χ2v) is 7.41. The van der Waals surface area contributed by atoms with Gasteiger partial charge in [-0.1, -0.05) is 6.07 Å². The lowest BCUT2D eigenvalue weighted by Crippen LogP contribution is -2.26. The van der Waals surface area contributed by atoms with Crippen LogP contribution in [0.25, 0.3) is 11.3 Å². The van der Waals surface area contributed by atoms with Crippen molar-refractivity contribution in [2.75, 3.05) is 27.4 Å². The van der Waals surface area contributed by atoms with Crippen LogP contribution in [0, 0.1) is 0 Å². The van der Waals surface area contributed by atoms with E-state index in [0.717, 1.165) is 48.3 Å². The van der Waals surface area contributed by atoms with Crippen molar-refractivity contribution in [2.45, 2.75) is 45.1 Å². The topological polar surface area (TPSA) is 58.9 Å². The normalized spacial score (nSPS) is 18.0. The Hall–Kier alpha value is -2.15. The van der Waals surface area contributed by atoms with Crippen LogP contribution in [0.3, 0.4) is 0 Å². The quantitative estimate of drug-likeness (QED) is 0.734. The molecule has 6 nitrogen and oxygen atoms in total. The smallest absolute Gasteiger partial charge is 0.254 e. The summed E-state index contributed by atoms with van der Waals surface area (Å²) in [5, 5.41) is 0. The van der Waals surface area contributed by atoms with Crippen LogP contribution in [0.2, 0.25) is 0 Å². The molecule has 3 heterocycles. The summed E-state index contributed by atoms with van der Waals surface area (Å²) in [5.74, 6) is 0.605. The Labute approximate surface area is 165 Å². The van der Waals surface area contributed by atoms with Crippen molar-refractivity contribution in [2.24, 2.45) is 0 Å². The molecule has 6 heteroatoms. The Morgan fingerprint density at radius 2 is 1.89 bits per heavy atom. The molecule has 2 aliphatic rings. The summed E-state index contributed by atoms with van der Waals surface area (Å²) in [7, 11) is 3.38. The van der Waals surface area contributed by atoms with Crippen molar-refractivity contribution in [3.63, 3.8) is 0 Å². The average molecular weight is 385 g/mol. The summed E-state index contributed by atoms with van der Waals surface area (Å²) in [6, 6.07) is 7.86. The van der Waals surface area contributed by atoms with Gasteiger partial charge in [-0.2, -0.15) is 0 Å². The molecule has 150 valence electrons. The maximum absolute atomic E-state index is 12.7. The van der Waals surface area contributed by atoms with E-state index in [4.69, 9.17) is 18.9 Å². The molecule has 1 aromatic carbocycles. The van der Waals surface area contributed by atoms with E-state index < -0.39 is 0 Å². The molecule has 1 fully saturated rings. The van der Waals surface area contributed by atoms with Crippen molar-refractivity contribution in [3.05, 3.63) is 51.3 Å². The zero-order chi connectivity index (χ0) is 19.5. The molecule has 0 N–H and O–H groups in total. The van der Waals surface area contributed by atoms with Gasteiger partial charge < -0.3 is 23.5 Å². The van der Waals surface area contributed by atoms with Crippen molar-refractivity contribution in [1.82, 2.24) is 4.57 Å². The number of methoxy groups -OCH3 is 2. The summed E-state index contributed by atoms with van der Waals surface area (Å²) in [6.07, 6.45) is 3.02. The number of nitrogens with zero attached hydrogens (tertiary/aromatic N) is 1. The monoisotopic (exact) mass is 385 g/mol. The van der Waals surface area contributed by atoms with Gasteiger partial charge in [0.15, 0.2) is 0 Å². The number of aromatic nitrogens is 1. The molecule has 0 spiro atoms. The van der Waals surface area contributed by atoms with E-state index >= 15 is 0 Å². The fourth-order valence-electron chi connectivity index (χ4n) is 4.07. The Morgan fingerprint density at radius 3 is 2.61 bits per heavy atom. The van der Waals surface area contributed by atoms with Gasteiger partial charge in [0.25, 0.3) is 5.56 Å². The number of fused-ring (bicyclic) bond motifs is 3. The molecule has 0 amide bonds. The van der Waals surface area contributed by atoms with Gasteiger partial charge in [-0.3, -0.25) is 4.79 Å². The van der Waals surface area contributed by atoms with E-state index in [2.05, 4.69) is 12.1 Å². The van der Waals surface area contributed by atoms with Gasteiger partial charge in [0, 0.05) is 45.1 Å². The molecule has 4 rings (SSSR count). The molecule has 1 unspecified atom stereocenters. The van der Waals surface area contributed by atoms with Gasteiger partial charge in [0.05, 0.1) is 25.0 Å². The standard InChI is InChI=1S/C22H27NO5/c1-25-12-16-8-15-5-6-23-21(20(15)9-17(16)13-26-2)10-19(11-22(23)24)28-14-18-4-3-7-27-18/h8-11,18H,3-7,12-14H2,1-2H3. The highest BCUT2D eigenvalue weighted by molar-refractivity contribution is 5.69. The van der Waals surface area contributed by atoms with Gasteiger partial charge in [-0.05, 0) is 42.0 Å². The average Bonchev–Trinajstić information content (AvgIpc) is 3.21. The van der Waals surface area contributed by atoms with Crippen LogP contribution in [0.5, 0.6) is 5.75 Å². The summed E-state index contributed by atoms with van der Waals surface area (Å²) in [6.45, 7) is 3.00. The van der Waals surface area contributed by atoms with Crippen molar-refractivity contribution >= 4 is 0 Å². The molecule has 0 saturated carbocycles. The molecule has 1 saturated heterocycles. The highest BCUT2D eigenvalue weighted by atomic mass is 16.5. The van der Waals surface area contributed by atoms with Crippen LogP contribution in [-0.4, -0.2) is 38.1 Å². The summed E-state index contributed by atoms with van der Waals surface area (Å²) in [4.78, 5) is 12.7. The Bertz CT molecular complexity index is 899. The summed E-state index contributed by atoms with van der Waals surface area (Å²) < 4.78 is 24.1. The maximum atomic E-state index is 12.7. The van der Waals surface area contributed by atoms with E-state index in [1.807, 2.05) is 10.6 Å². The molecular formula is C22H27NO5. The minimum Gasteiger partial charge on any atom is -0.491 e. The number of benzene rings is 1. The molecule has 1 aromatic heterocycles. The Morgan fingerprint density at radius 1 is 1.11 bits per heavy atom. The van der Waals surface area contributed by atoms with Crippen LogP contribution in [0.1, 0.15) is 29.5 Å². The SMILES string of the molecule is COCc1cc2c(cc1COC)-c1cc(OCC3CCCO3)cc(=O)n1CC2. The number of ether oxygens (including phenoxy) is 4. The molecular weight excluding hydrogens is 358 g/mol. The van der Waals surface area contributed by atoms with E-state index in [0.29, 0.717) is 32.1 Å². The van der Waals surface area contributed by atoms with Gasteiger partial charge in [0.2, 0.25) is 0 Å². The zero-order valence-electron chi connectivity index (χ0n) is 16.5. The van der Waals surface area contributed by atoms with E-state index in [1.165, 1.54) is 5.56 Å². The van der Waals surface area contributed by atoms with Crippen molar-refractivity contribution < 1.29 is 18.9 Å². The first-order valence-electron chi connectivity index (χ1n) is 9.82. The third-order valence-corrected chi connectivity index (χ3v) is 5.47. The maximum Gasteiger partial charge on any atom is 0.254 e. The molecule has 0 aliphatic carbocycles. The molecule has 2 aliphatic heterocycles. The number of hydrogen-bond donors (Lipinski definition) is 0. The predicted molar refractivity (Wildman–Crippen MR) is 106 cm³/mol. The Kier molecular flexibility index (Phi) is 5.80. The van der Waals surface area contributed by atoms with Crippen molar-refractivity contribution in [3.8, 4) is 17.0 Å². The first kappa shape index (κ1) is 19.2. The van der Waals surface area contributed by atoms with Crippen LogP contribution in [0.15, 0.2) is 29.1 Å². The zero-order valence-corrected chi connectivity index (χ0v) is 16.5. The molecule has 0 radical (unpaired) electrons. The fourth-order valence-corrected chi connectivity index (χ4v) is 4.07. The van der Waals surface area contributed by atoms with E-state index in [9.17, 15) is 4.79 Å². The lowest BCUT2D eigenvalue weighted by Gasteiger charge is -2.24. The largest absolute Gasteiger partial charge is 0.491 e. The van der Waals surface area contributed by atoms with Crippen molar-refractivity contribution in [1.29, 1.82) is 0 Å². The lowest BCUT2D eigenvalue weighted by atomic mass is 9.92. The highest BCUT2D eigenvalue weighted by Crippen LogP contribution is 2.33. The number of aryl methyl sites for hydroxylation is 1. The van der Waals surface area contributed by atoms with Gasteiger partial charge in [0.1, 0.15) is 12.4 Å². The molecule has 1 atom stereocenters. The minimum absolute atomic E-state index is 0.0280. The second-order valence-electron chi connectivity index (χ2n) is 7.41. The third kappa shape index (κ3) is 3.85. The van der Waals surface area contributed by atoms with Gasteiger partial charge >= 0.3 is 0 Å². The predicted octanol–water partition coefficient (Wildman–Crippen LogP) is 2.92. The van der Waals surface area contributed by atoms with Crippen LogP contribution < -0.4 is 10.3 Å². The van der Waals surface area contributed by atoms with Gasteiger partial charge in [-0.25, -0.2) is 0 Å².